The highest BCUT2D eigenvalue weighted by Gasteiger charge is 2.49. The fraction of sp³-hybridized carbons (Fsp3) is 0.130. The molecule has 30 heavy (non-hydrogen) atoms. The molecule has 1 saturated heterocycles. The van der Waals surface area contributed by atoms with Crippen LogP contribution in [-0.2, 0) is 9.59 Å². The van der Waals surface area contributed by atoms with Crippen molar-refractivity contribution in [2.45, 2.75) is 19.9 Å². The van der Waals surface area contributed by atoms with Crippen LogP contribution in [0, 0.1) is 19.7 Å². The van der Waals surface area contributed by atoms with Gasteiger partial charge >= 0.3 is 0 Å². The zero-order chi connectivity index (χ0) is 21.6. The van der Waals surface area contributed by atoms with E-state index in [0.29, 0.717) is 5.76 Å². The van der Waals surface area contributed by atoms with E-state index in [-0.39, 0.29) is 33.9 Å². The summed E-state index contributed by atoms with van der Waals surface area (Å²) < 4.78 is 19.4. The first-order valence-electron chi connectivity index (χ1n) is 9.21. The Morgan fingerprint density at radius 1 is 1.07 bits per heavy atom. The molecular weight excluding hydrogens is 389 g/mol. The van der Waals surface area contributed by atoms with E-state index >= 15 is 0 Å². The van der Waals surface area contributed by atoms with Crippen molar-refractivity contribution >= 4 is 23.1 Å². The fourth-order valence-corrected chi connectivity index (χ4v) is 3.57. The predicted molar refractivity (Wildman–Crippen MR) is 107 cm³/mol. The Morgan fingerprint density at radius 3 is 2.43 bits per heavy atom. The number of furan rings is 1. The number of anilines is 1. The molecule has 7 heteroatoms. The van der Waals surface area contributed by atoms with Gasteiger partial charge in [-0.05, 0) is 61.9 Å². The maximum absolute atomic E-state index is 13.7. The number of para-hydroxylation sites is 2. The summed E-state index contributed by atoms with van der Waals surface area (Å²) >= 11 is 0. The maximum atomic E-state index is 13.7. The number of Topliss-reactive ketones (excluding diaryl/α,β-unsaturated/α-hetero) is 1. The van der Waals surface area contributed by atoms with E-state index in [1.54, 1.807) is 31.2 Å². The van der Waals surface area contributed by atoms with E-state index < -0.39 is 29.3 Å². The third kappa shape index (κ3) is 3.04. The van der Waals surface area contributed by atoms with Crippen LogP contribution in [0.1, 0.15) is 28.7 Å². The van der Waals surface area contributed by atoms with Gasteiger partial charge in [-0.25, -0.2) is 4.39 Å². The van der Waals surface area contributed by atoms with Crippen molar-refractivity contribution < 1.29 is 28.6 Å². The van der Waals surface area contributed by atoms with Gasteiger partial charge < -0.3 is 14.6 Å². The quantitative estimate of drug-likeness (QED) is 0.382. The Balaban J connectivity index is 1.97. The number of hydrogen-bond acceptors (Lipinski definition) is 5. The minimum Gasteiger partial charge on any atom is -0.507 e. The van der Waals surface area contributed by atoms with Crippen LogP contribution in [0.25, 0.3) is 5.76 Å². The number of hydrogen-bond donors (Lipinski definition) is 2. The van der Waals surface area contributed by atoms with Crippen molar-refractivity contribution in [2.24, 2.45) is 0 Å². The van der Waals surface area contributed by atoms with Crippen molar-refractivity contribution in [1.82, 2.24) is 0 Å². The summed E-state index contributed by atoms with van der Waals surface area (Å²) in [5, 5.41) is 21.2. The highest BCUT2D eigenvalue weighted by atomic mass is 19.1. The summed E-state index contributed by atoms with van der Waals surface area (Å²) in [6.07, 6.45) is 0. The number of carbonyl (C=O) groups is 2. The second-order valence-electron chi connectivity index (χ2n) is 7.07. The molecule has 1 atom stereocenters. The van der Waals surface area contributed by atoms with E-state index in [0.717, 1.165) is 4.90 Å². The third-order valence-corrected chi connectivity index (χ3v) is 5.05. The van der Waals surface area contributed by atoms with Gasteiger partial charge in [0.25, 0.3) is 11.7 Å². The van der Waals surface area contributed by atoms with E-state index in [2.05, 4.69) is 0 Å². The monoisotopic (exact) mass is 407 g/mol. The number of amides is 1. The molecule has 1 fully saturated rings. The molecule has 1 unspecified atom stereocenters. The Hall–Kier alpha value is -3.87. The van der Waals surface area contributed by atoms with E-state index in [4.69, 9.17) is 4.42 Å². The summed E-state index contributed by atoms with van der Waals surface area (Å²) in [4.78, 5) is 27.0. The van der Waals surface area contributed by atoms with Gasteiger partial charge in [-0.2, -0.15) is 0 Å². The number of aryl methyl sites for hydroxylation is 2. The second-order valence-corrected chi connectivity index (χ2v) is 7.07. The molecule has 2 N–H and O–H groups in total. The number of rotatable bonds is 3. The Bertz CT molecular complexity index is 1210. The smallest absolute Gasteiger partial charge is 0.300 e. The lowest BCUT2D eigenvalue weighted by Crippen LogP contribution is -2.29. The molecule has 0 spiro atoms. The van der Waals surface area contributed by atoms with Crippen LogP contribution in [-0.4, -0.2) is 21.9 Å². The van der Waals surface area contributed by atoms with Crippen molar-refractivity contribution in [2.75, 3.05) is 4.90 Å². The zero-order valence-corrected chi connectivity index (χ0v) is 16.2. The summed E-state index contributed by atoms with van der Waals surface area (Å²) in [6, 6.07) is 12.1. The zero-order valence-electron chi connectivity index (χ0n) is 16.2. The van der Waals surface area contributed by atoms with Gasteiger partial charge in [0.05, 0.1) is 11.3 Å². The van der Waals surface area contributed by atoms with Crippen molar-refractivity contribution in [3.05, 3.63) is 88.6 Å². The highest BCUT2D eigenvalue weighted by molar-refractivity contribution is 6.51. The molecule has 0 bridgehead atoms. The first kappa shape index (κ1) is 19.4. The summed E-state index contributed by atoms with van der Waals surface area (Å²) in [6.45, 7) is 3.24. The maximum Gasteiger partial charge on any atom is 0.300 e. The molecule has 6 nitrogen and oxygen atoms in total. The molecule has 2 heterocycles. The standard InChI is InChI=1S/C23H18FNO5/c1-12-11-14(8-9-15(12)24)21(27)19-20(18-10-7-13(2)30-18)25(23(29)22(19)28)16-5-3-4-6-17(16)26/h3-11,20,26-27H,1-2H3/b21-19-. The van der Waals surface area contributed by atoms with Crippen LogP contribution in [0.15, 0.2) is 64.6 Å². The molecule has 1 aromatic heterocycles. The Morgan fingerprint density at radius 2 is 1.80 bits per heavy atom. The molecule has 1 aliphatic rings. The number of ketones is 1. The SMILES string of the molecule is Cc1ccc(C2/C(=C(/O)c3ccc(F)c(C)c3)C(=O)C(=O)N2c2ccccc2O)o1. The molecule has 1 amide bonds. The van der Waals surface area contributed by atoms with Crippen LogP contribution < -0.4 is 4.90 Å². The second kappa shape index (κ2) is 7.18. The molecule has 2 aromatic carbocycles. The molecule has 3 aromatic rings. The average Bonchev–Trinajstić information content (AvgIpc) is 3.25. The number of phenols is 1. The van der Waals surface area contributed by atoms with E-state index in [1.807, 2.05) is 0 Å². The van der Waals surface area contributed by atoms with Crippen molar-refractivity contribution in [3.63, 3.8) is 0 Å². The fourth-order valence-electron chi connectivity index (χ4n) is 3.57. The minimum absolute atomic E-state index is 0.105. The Kier molecular flexibility index (Phi) is 4.66. The molecule has 4 rings (SSSR count). The van der Waals surface area contributed by atoms with Gasteiger partial charge in [0.15, 0.2) is 0 Å². The van der Waals surface area contributed by atoms with Crippen LogP contribution in [0.2, 0.25) is 0 Å². The molecule has 1 aliphatic heterocycles. The average molecular weight is 407 g/mol. The van der Waals surface area contributed by atoms with Crippen LogP contribution in [0.4, 0.5) is 10.1 Å². The van der Waals surface area contributed by atoms with Crippen LogP contribution in [0.5, 0.6) is 5.75 Å². The van der Waals surface area contributed by atoms with Gasteiger partial charge in [0.2, 0.25) is 0 Å². The number of benzene rings is 2. The number of aliphatic hydroxyl groups is 1. The first-order chi connectivity index (χ1) is 14.3. The van der Waals surface area contributed by atoms with E-state index in [9.17, 15) is 24.2 Å². The number of aliphatic hydroxyl groups excluding tert-OH is 1. The largest absolute Gasteiger partial charge is 0.507 e. The molecule has 0 aliphatic carbocycles. The predicted octanol–water partition coefficient (Wildman–Crippen LogP) is 4.37. The lowest BCUT2D eigenvalue weighted by Gasteiger charge is -2.24. The number of carbonyl (C=O) groups excluding carboxylic acids is 2. The van der Waals surface area contributed by atoms with Crippen molar-refractivity contribution in [3.8, 4) is 5.75 Å². The van der Waals surface area contributed by atoms with Gasteiger partial charge in [0, 0.05) is 5.56 Å². The number of phenolic OH excluding ortho intramolecular Hbond substituents is 1. The summed E-state index contributed by atoms with van der Waals surface area (Å²) in [5.74, 6) is -2.17. The number of halogens is 1. The van der Waals surface area contributed by atoms with E-state index in [1.165, 1.54) is 37.3 Å². The molecule has 0 radical (unpaired) electrons. The van der Waals surface area contributed by atoms with Gasteiger partial charge in [-0.1, -0.05) is 12.1 Å². The molecular formula is C23H18FNO5. The van der Waals surface area contributed by atoms with Gasteiger partial charge in [-0.3, -0.25) is 14.5 Å². The lowest BCUT2D eigenvalue weighted by molar-refractivity contribution is -0.132. The summed E-state index contributed by atoms with van der Waals surface area (Å²) in [5.41, 5.74) is 0.369. The first-order valence-corrected chi connectivity index (χ1v) is 9.21. The lowest BCUT2D eigenvalue weighted by atomic mass is 9.98. The Labute approximate surface area is 171 Å². The van der Waals surface area contributed by atoms with Crippen molar-refractivity contribution in [1.29, 1.82) is 0 Å². The number of nitrogens with zero attached hydrogens (tertiary/aromatic N) is 1. The topological polar surface area (TPSA) is 91.0 Å². The summed E-state index contributed by atoms with van der Waals surface area (Å²) in [7, 11) is 0. The third-order valence-electron chi connectivity index (χ3n) is 5.05. The normalized spacial score (nSPS) is 18.2. The number of aromatic hydroxyl groups is 1. The van der Waals surface area contributed by atoms with Crippen LogP contribution >= 0.6 is 0 Å². The van der Waals surface area contributed by atoms with Gasteiger partial charge in [0.1, 0.15) is 34.9 Å². The van der Waals surface area contributed by atoms with Gasteiger partial charge in [-0.15, -0.1) is 0 Å². The van der Waals surface area contributed by atoms with Crippen LogP contribution in [0.3, 0.4) is 0 Å². The minimum atomic E-state index is -1.10. The molecule has 0 saturated carbocycles. The highest BCUT2D eigenvalue weighted by Crippen LogP contribution is 2.45. The molecule has 152 valence electrons.